The van der Waals surface area contributed by atoms with Crippen LogP contribution in [0.15, 0.2) is 48.7 Å². The van der Waals surface area contributed by atoms with Gasteiger partial charge in [0.05, 0.1) is 0 Å². The zero-order chi connectivity index (χ0) is 16.1. The van der Waals surface area contributed by atoms with Gasteiger partial charge in [-0.1, -0.05) is 18.2 Å². The van der Waals surface area contributed by atoms with Crippen LogP contribution in [0.5, 0.6) is 5.75 Å². The van der Waals surface area contributed by atoms with Crippen LogP contribution in [0.4, 0.5) is 4.39 Å². The van der Waals surface area contributed by atoms with Crippen molar-refractivity contribution in [3.8, 4) is 5.75 Å². The van der Waals surface area contributed by atoms with Crippen molar-refractivity contribution in [2.24, 2.45) is 0 Å². The Bertz CT molecular complexity index is 818. The summed E-state index contributed by atoms with van der Waals surface area (Å²) in [7, 11) is 0. The van der Waals surface area contributed by atoms with E-state index >= 15 is 0 Å². The van der Waals surface area contributed by atoms with Crippen LogP contribution < -0.4 is 10.1 Å². The van der Waals surface area contributed by atoms with Gasteiger partial charge in [-0.25, -0.2) is 4.39 Å². The van der Waals surface area contributed by atoms with E-state index in [1.807, 2.05) is 28.8 Å². The number of amides is 1. The Balaban J connectivity index is 1.47. The molecule has 118 valence electrons. The average Bonchev–Trinajstić information content (AvgIpc) is 2.98. The van der Waals surface area contributed by atoms with Crippen molar-refractivity contribution in [1.82, 2.24) is 19.9 Å². The van der Waals surface area contributed by atoms with Gasteiger partial charge in [-0.15, -0.1) is 10.2 Å². The number of hydrogen-bond donors (Lipinski definition) is 1. The van der Waals surface area contributed by atoms with Crippen molar-refractivity contribution in [2.75, 3.05) is 13.2 Å². The van der Waals surface area contributed by atoms with Gasteiger partial charge in [0.25, 0.3) is 5.91 Å². The van der Waals surface area contributed by atoms with E-state index in [9.17, 15) is 9.18 Å². The monoisotopic (exact) mass is 314 g/mol. The van der Waals surface area contributed by atoms with Crippen molar-refractivity contribution in [3.05, 3.63) is 60.3 Å². The molecular weight excluding hydrogens is 299 g/mol. The Morgan fingerprint density at radius 2 is 2.00 bits per heavy atom. The van der Waals surface area contributed by atoms with Crippen LogP contribution in [0, 0.1) is 5.82 Å². The summed E-state index contributed by atoms with van der Waals surface area (Å²) < 4.78 is 20.4. The first-order valence-electron chi connectivity index (χ1n) is 7.17. The zero-order valence-corrected chi connectivity index (χ0v) is 12.3. The molecule has 3 aromatic rings. The van der Waals surface area contributed by atoms with E-state index in [4.69, 9.17) is 4.74 Å². The van der Waals surface area contributed by atoms with Gasteiger partial charge in [-0.3, -0.25) is 9.20 Å². The fourth-order valence-corrected chi connectivity index (χ4v) is 2.13. The number of hydrogen-bond acceptors (Lipinski definition) is 4. The van der Waals surface area contributed by atoms with E-state index in [1.165, 1.54) is 12.1 Å². The van der Waals surface area contributed by atoms with Crippen LogP contribution in [-0.2, 0) is 11.2 Å². The first-order chi connectivity index (χ1) is 11.2. The van der Waals surface area contributed by atoms with E-state index in [2.05, 4.69) is 15.5 Å². The van der Waals surface area contributed by atoms with E-state index < -0.39 is 5.82 Å². The number of aromatic nitrogens is 3. The van der Waals surface area contributed by atoms with Crippen LogP contribution in [-0.4, -0.2) is 33.7 Å². The molecule has 0 spiro atoms. The molecule has 6 nitrogen and oxygen atoms in total. The maximum absolute atomic E-state index is 13.4. The lowest BCUT2D eigenvalue weighted by Gasteiger charge is -2.07. The van der Waals surface area contributed by atoms with Gasteiger partial charge in [0.1, 0.15) is 5.82 Å². The lowest BCUT2D eigenvalue weighted by atomic mass is 10.3. The number of halogens is 1. The predicted molar refractivity (Wildman–Crippen MR) is 81.6 cm³/mol. The molecular formula is C16H15FN4O2. The van der Waals surface area contributed by atoms with Crippen molar-refractivity contribution in [3.63, 3.8) is 0 Å². The highest BCUT2D eigenvalue weighted by Crippen LogP contribution is 2.14. The van der Waals surface area contributed by atoms with Crippen molar-refractivity contribution < 1.29 is 13.9 Å². The molecule has 1 amide bonds. The summed E-state index contributed by atoms with van der Waals surface area (Å²) in [6.07, 6.45) is 2.41. The first kappa shape index (κ1) is 15.0. The third-order valence-corrected chi connectivity index (χ3v) is 3.25. The Kier molecular flexibility index (Phi) is 4.46. The molecule has 1 aromatic carbocycles. The molecule has 0 saturated heterocycles. The summed E-state index contributed by atoms with van der Waals surface area (Å²) in [5.41, 5.74) is 0.761. The van der Waals surface area contributed by atoms with Crippen molar-refractivity contribution >= 4 is 11.6 Å². The second-order valence-electron chi connectivity index (χ2n) is 4.86. The standard InChI is InChI=1S/C16H15FN4O2/c17-12-5-1-2-6-13(12)23-11-16(22)18-9-8-15-20-19-14-7-3-4-10-21(14)15/h1-7,10H,8-9,11H2,(H,18,22). The molecule has 0 radical (unpaired) electrons. The fraction of sp³-hybridized carbons (Fsp3) is 0.188. The first-order valence-corrected chi connectivity index (χ1v) is 7.17. The fourth-order valence-electron chi connectivity index (χ4n) is 2.13. The van der Waals surface area contributed by atoms with Crippen LogP contribution in [0.3, 0.4) is 0 Å². The number of para-hydroxylation sites is 1. The molecule has 0 atom stereocenters. The largest absolute Gasteiger partial charge is 0.481 e. The number of pyridine rings is 1. The lowest BCUT2D eigenvalue weighted by Crippen LogP contribution is -2.31. The molecule has 0 fully saturated rings. The second kappa shape index (κ2) is 6.87. The molecule has 0 unspecified atom stereocenters. The van der Waals surface area contributed by atoms with Crippen LogP contribution in [0.25, 0.3) is 5.65 Å². The van der Waals surface area contributed by atoms with Gasteiger partial charge >= 0.3 is 0 Å². The minimum Gasteiger partial charge on any atom is -0.481 e. The van der Waals surface area contributed by atoms with Gasteiger partial charge in [0.2, 0.25) is 0 Å². The average molecular weight is 314 g/mol. The molecule has 1 N–H and O–H groups in total. The summed E-state index contributed by atoms with van der Waals surface area (Å²) >= 11 is 0. The molecule has 0 saturated carbocycles. The number of rotatable bonds is 6. The highest BCUT2D eigenvalue weighted by Gasteiger charge is 2.08. The second-order valence-corrected chi connectivity index (χ2v) is 4.86. The maximum atomic E-state index is 13.4. The highest BCUT2D eigenvalue weighted by atomic mass is 19.1. The smallest absolute Gasteiger partial charge is 0.257 e. The quantitative estimate of drug-likeness (QED) is 0.750. The normalized spacial score (nSPS) is 10.7. The topological polar surface area (TPSA) is 68.5 Å². The van der Waals surface area contributed by atoms with Gasteiger partial charge in [-0.05, 0) is 24.3 Å². The summed E-state index contributed by atoms with van der Waals surface area (Å²) in [6.45, 7) is 0.163. The Hall–Kier alpha value is -2.96. The molecule has 23 heavy (non-hydrogen) atoms. The van der Waals surface area contributed by atoms with E-state index in [0.29, 0.717) is 13.0 Å². The highest BCUT2D eigenvalue weighted by molar-refractivity contribution is 5.77. The van der Waals surface area contributed by atoms with Gasteiger partial charge in [-0.2, -0.15) is 0 Å². The number of fused-ring (bicyclic) bond motifs is 1. The number of carbonyl (C=O) groups excluding carboxylic acids is 1. The van der Waals surface area contributed by atoms with Crippen LogP contribution >= 0.6 is 0 Å². The molecule has 2 heterocycles. The Morgan fingerprint density at radius 3 is 2.87 bits per heavy atom. The molecule has 0 aliphatic rings. The molecule has 3 rings (SSSR count). The minimum absolute atomic E-state index is 0.0612. The van der Waals surface area contributed by atoms with Crippen molar-refractivity contribution in [1.29, 1.82) is 0 Å². The van der Waals surface area contributed by atoms with E-state index in [1.54, 1.807) is 12.1 Å². The number of nitrogens with one attached hydrogen (secondary N) is 1. The van der Waals surface area contributed by atoms with E-state index in [-0.39, 0.29) is 18.3 Å². The molecule has 0 aliphatic carbocycles. The molecule has 0 bridgehead atoms. The Morgan fingerprint density at radius 1 is 1.17 bits per heavy atom. The number of nitrogens with zero attached hydrogens (tertiary/aromatic N) is 3. The predicted octanol–water partition coefficient (Wildman–Crippen LogP) is 1.61. The zero-order valence-electron chi connectivity index (χ0n) is 12.3. The summed E-state index contributed by atoms with van der Waals surface area (Å²) in [4.78, 5) is 11.7. The number of ether oxygens (including phenoxy) is 1. The van der Waals surface area contributed by atoms with Gasteiger partial charge < -0.3 is 10.1 Å². The molecule has 2 aromatic heterocycles. The SMILES string of the molecule is O=C(COc1ccccc1F)NCCc1nnc2ccccn12. The van der Waals surface area contributed by atoms with Gasteiger partial charge in [0.15, 0.2) is 23.8 Å². The number of carbonyl (C=O) groups is 1. The third kappa shape index (κ3) is 3.63. The van der Waals surface area contributed by atoms with Crippen LogP contribution in [0.2, 0.25) is 0 Å². The van der Waals surface area contributed by atoms with Crippen LogP contribution in [0.1, 0.15) is 5.82 Å². The third-order valence-electron chi connectivity index (χ3n) is 3.25. The molecule has 0 aliphatic heterocycles. The minimum atomic E-state index is -0.491. The van der Waals surface area contributed by atoms with E-state index in [0.717, 1.165) is 11.5 Å². The summed E-state index contributed by atoms with van der Waals surface area (Å²) in [6, 6.07) is 11.6. The summed E-state index contributed by atoms with van der Waals surface area (Å²) in [5, 5.41) is 10.8. The van der Waals surface area contributed by atoms with Gasteiger partial charge in [0, 0.05) is 19.2 Å². The molecule has 7 heteroatoms. The lowest BCUT2D eigenvalue weighted by molar-refractivity contribution is -0.123. The maximum Gasteiger partial charge on any atom is 0.257 e. The number of benzene rings is 1. The van der Waals surface area contributed by atoms with Crippen molar-refractivity contribution in [2.45, 2.75) is 6.42 Å². The Labute approximate surface area is 131 Å². The summed E-state index contributed by atoms with van der Waals surface area (Å²) in [5.74, 6) is 0.0133.